The smallest absolute Gasteiger partial charge is 0.138 e. The third kappa shape index (κ3) is 8.23. The molecule has 144 valence electrons. The van der Waals surface area contributed by atoms with Crippen LogP contribution in [0.25, 0.3) is 0 Å². The van der Waals surface area contributed by atoms with Gasteiger partial charge in [-0.2, -0.15) is 0 Å². The summed E-state index contributed by atoms with van der Waals surface area (Å²) >= 11 is 0. The molecule has 2 rings (SSSR count). The Balaban J connectivity index is 1.63. The number of hydrogen-bond donors (Lipinski definition) is 2. The predicted molar refractivity (Wildman–Crippen MR) is 105 cm³/mol. The monoisotopic (exact) mass is 370 g/mol. The second-order valence-electron chi connectivity index (χ2n) is 5.82. The molecule has 0 aliphatic rings. The Kier molecular flexibility index (Phi) is 9.22. The lowest BCUT2D eigenvalue weighted by atomic mass is 10.2. The zero-order chi connectivity index (χ0) is 19.2. The molecule has 0 unspecified atom stereocenters. The molecular weight excluding hydrogens is 344 g/mol. The largest absolute Gasteiger partial charge is 0.512 e. The van der Waals surface area contributed by atoms with Crippen LogP contribution in [0.4, 0.5) is 0 Å². The summed E-state index contributed by atoms with van der Waals surface area (Å²) in [5.74, 6) is 2.39. The minimum atomic E-state index is 0.385. The van der Waals surface area contributed by atoms with Crippen LogP contribution in [0.15, 0.2) is 84.7 Å². The quantitative estimate of drug-likeness (QED) is 0.380. The van der Waals surface area contributed by atoms with E-state index in [0.29, 0.717) is 50.4 Å². The van der Waals surface area contributed by atoms with E-state index in [4.69, 9.17) is 14.2 Å². The Morgan fingerprint density at radius 1 is 0.667 bits per heavy atom. The Morgan fingerprint density at radius 3 is 1.44 bits per heavy atom. The molecule has 27 heavy (non-hydrogen) atoms. The highest BCUT2D eigenvalue weighted by Crippen LogP contribution is 2.17. The average molecular weight is 370 g/mol. The van der Waals surface area contributed by atoms with Crippen LogP contribution in [0.3, 0.4) is 0 Å². The first-order chi connectivity index (χ1) is 13.3. The second kappa shape index (κ2) is 12.3. The molecule has 0 aliphatic carbocycles. The fraction of sp³-hybridized carbons (Fsp3) is 0.273. The van der Waals surface area contributed by atoms with Gasteiger partial charge in [-0.3, -0.25) is 0 Å². The number of rotatable bonds is 12. The summed E-state index contributed by atoms with van der Waals surface area (Å²) < 4.78 is 16.8. The molecule has 5 heteroatoms. The highest BCUT2D eigenvalue weighted by Gasteiger charge is 2.06. The van der Waals surface area contributed by atoms with Crippen LogP contribution in [-0.4, -0.2) is 23.4 Å². The molecule has 0 saturated heterocycles. The molecule has 0 bridgehead atoms. The number of hydrogen-bond acceptors (Lipinski definition) is 5. The third-order valence-corrected chi connectivity index (χ3v) is 3.71. The van der Waals surface area contributed by atoms with Gasteiger partial charge in [0.1, 0.15) is 35.5 Å². The number of ether oxygens (including phenoxy) is 3. The summed E-state index contributed by atoms with van der Waals surface area (Å²) in [6.45, 7) is 1.02. The summed E-state index contributed by atoms with van der Waals surface area (Å²) in [5.41, 5.74) is 0. The van der Waals surface area contributed by atoms with Gasteiger partial charge in [-0.05, 0) is 37.1 Å². The van der Waals surface area contributed by atoms with Crippen molar-refractivity contribution in [3.8, 4) is 11.5 Å². The van der Waals surface area contributed by atoms with Crippen LogP contribution in [-0.2, 0) is 4.74 Å². The van der Waals surface area contributed by atoms with Crippen molar-refractivity contribution in [2.75, 3.05) is 13.2 Å². The molecule has 2 aromatic rings. The van der Waals surface area contributed by atoms with Crippen molar-refractivity contribution in [3.05, 3.63) is 84.7 Å². The van der Waals surface area contributed by atoms with Crippen LogP contribution in [0.1, 0.15) is 25.7 Å². The van der Waals surface area contributed by atoms with Crippen LogP contribution in [0.2, 0.25) is 0 Å². The maximum absolute atomic E-state index is 9.35. The molecule has 0 fully saturated rings. The van der Waals surface area contributed by atoms with E-state index in [1.807, 2.05) is 60.7 Å². The fourth-order valence-electron chi connectivity index (χ4n) is 2.36. The maximum Gasteiger partial charge on any atom is 0.138 e. The average Bonchev–Trinajstić information content (AvgIpc) is 2.73. The number of allylic oxidation sites excluding steroid dienone is 2. The van der Waals surface area contributed by atoms with Crippen LogP contribution < -0.4 is 9.47 Å². The van der Waals surface area contributed by atoms with Gasteiger partial charge in [0.15, 0.2) is 0 Å². The molecule has 2 N–H and O–H groups in total. The van der Waals surface area contributed by atoms with Gasteiger partial charge in [-0.1, -0.05) is 36.4 Å². The summed E-state index contributed by atoms with van der Waals surface area (Å²) in [6, 6.07) is 19.1. The van der Waals surface area contributed by atoms with Gasteiger partial charge in [0.05, 0.1) is 13.2 Å². The highest BCUT2D eigenvalue weighted by molar-refractivity contribution is 5.21. The maximum atomic E-state index is 9.35. The lowest BCUT2D eigenvalue weighted by Crippen LogP contribution is -2.02. The van der Waals surface area contributed by atoms with E-state index in [1.54, 1.807) is 0 Å². The lowest BCUT2D eigenvalue weighted by Gasteiger charge is -2.12. The van der Waals surface area contributed by atoms with E-state index in [9.17, 15) is 10.2 Å². The summed E-state index contributed by atoms with van der Waals surface area (Å²) in [6.07, 6.45) is 4.20. The van der Waals surface area contributed by atoms with Crippen molar-refractivity contribution in [1.82, 2.24) is 0 Å². The molecule has 0 spiro atoms. The molecule has 0 aromatic heterocycles. The topological polar surface area (TPSA) is 68.2 Å². The van der Waals surface area contributed by atoms with Gasteiger partial charge in [-0.25, -0.2) is 0 Å². The van der Waals surface area contributed by atoms with E-state index < -0.39 is 0 Å². The first-order valence-corrected chi connectivity index (χ1v) is 9.02. The minimum absolute atomic E-state index is 0.385. The second-order valence-corrected chi connectivity index (χ2v) is 5.82. The van der Waals surface area contributed by atoms with Gasteiger partial charge in [0, 0.05) is 12.8 Å². The number of benzene rings is 2. The third-order valence-electron chi connectivity index (χ3n) is 3.71. The van der Waals surface area contributed by atoms with Crippen molar-refractivity contribution in [2.45, 2.75) is 25.7 Å². The van der Waals surface area contributed by atoms with E-state index in [2.05, 4.69) is 0 Å². The summed E-state index contributed by atoms with van der Waals surface area (Å²) in [5, 5.41) is 18.7. The van der Waals surface area contributed by atoms with Crippen molar-refractivity contribution in [2.24, 2.45) is 0 Å². The molecule has 0 aliphatic heterocycles. The Bertz CT molecular complexity index is 634. The standard InChI is InChI=1S/C22H26O5/c23-17-21(13-7-15-25-19-9-3-1-4-10-19)27-22(18-24)14-8-16-26-20-11-5-2-6-12-20/h1-6,9-12,17-18,23-24H,7-8,13-16H2. The Morgan fingerprint density at radius 2 is 1.07 bits per heavy atom. The first-order valence-electron chi connectivity index (χ1n) is 9.02. The molecule has 0 radical (unpaired) electrons. The van der Waals surface area contributed by atoms with Crippen molar-refractivity contribution in [1.29, 1.82) is 0 Å². The van der Waals surface area contributed by atoms with Gasteiger partial charge >= 0.3 is 0 Å². The van der Waals surface area contributed by atoms with E-state index in [1.165, 1.54) is 0 Å². The van der Waals surface area contributed by atoms with Crippen LogP contribution >= 0.6 is 0 Å². The van der Waals surface area contributed by atoms with E-state index in [0.717, 1.165) is 24.0 Å². The van der Waals surface area contributed by atoms with Crippen molar-refractivity contribution >= 4 is 0 Å². The fourth-order valence-corrected chi connectivity index (χ4v) is 2.36. The SMILES string of the molecule is OC=C(CCCOc1ccccc1)OC(=CO)CCCOc1ccccc1. The van der Waals surface area contributed by atoms with Crippen molar-refractivity contribution < 1.29 is 24.4 Å². The molecule has 2 aromatic carbocycles. The molecule has 0 amide bonds. The normalized spacial score (nSPS) is 11.9. The van der Waals surface area contributed by atoms with Crippen LogP contribution in [0, 0.1) is 0 Å². The number of para-hydroxylation sites is 2. The van der Waals surface area contributed by atoms with Gasteiger partial charge in [-0.15, -0.1) is 0 Å². The Labute approximate surface area is 160 Å². The highest BCUT2D eigenvalue weighted by atomic mass is 16.5. The first kappa shape index (κ1) is 20.2. The molecular formula is C22H26O5. The molecule has 5 nitrogen and oxygen atoms in total. The van der Waals surface area contributed by atoms with Gasteiger partial charge < -0.3 is 24.4 Å². The van der Waals surface area contributed by atoms with Gasteiger partial charge in [0.2, 0.25) is 0 Å². The lowest BCUT2D eigenvalue weighted by molar-refractivity contribution is 0.222. The van der Waals surface area contributed by atoms with Crippen LogP contribution in [0.5, 0.6) is 11.5 Å². The van der Waals surface area contributed by atoms with E-state index in [-0.39, 0.29) is 0 Å². The van der Waals surface area contributed by atoms with E-state index >= 15 is 0 Å². The number of aliphatic hydroxyl groups is 2. The number of aliphatic hydroxyl groups excluding tert-OH is 2. The summed E-state index contributed by atoms with van der Waals surface area (Å²) in [7, 11) is 0. The minimum Gasteiger partial charge on any atom is -0.512 e. The van der Waals surface area contributed by atoms with Crippen molar-refractivity contribution in [3.63, 3.8) is 0 Å². The predicted octanol–water partition coefficient (Wildman–Crippen LogP) is 5.52. The Hall–Kier alpha value is -3.08. The zero-order valence-electron chi connectivity index (χ0n) is 15.3. The zero-order valence-corrected chi connectivity index (χ0v) is 15.3. The molecule has 0 saturated carbocycles. The van der Waals surface area contributed by atoms with Gasteiger partial charge in [0.25, 0.3) is 0 Å². The molecule has 0 atom stereocenters. The molecule has 0 heterocycles. The summed E-state index contributed by atoms with van der Waals surface area (Å²) in [4.78, 5) is 0.